The zero-order valence-corrected chi connectivity index (χ0v) is 15.9. The summed E-state index contributed by atoms with van der Waals surface area (Å²) in [6.45, 7) is 6.41. The van der Waals surface area contributed by atoms with Crippen molar-refractivity contribution in [2.24, 2.45) is 4.99 Å². The second kappa shape index (κ2) is 12.1. The van der Waals surface area contributed by atoms with E-state index in [9.17, 15) is 0 Å². The van der Waals surface area contributed by atoms with Crippen LogP contribution in [0.25, 0.3) is 0 Å². The third-order valence-electron chi connectivity index (χ3n) is 2.66. The van der Waals surface area contributed by atoms with E-state index in [0.29, 0.717) is 0 Å². The molecular weight excluding hydrogens is 401 g/mol. The number of rotatable bonds is 7. The van der Waals surface area contributed by atoms with E-state index in [1.165, 1.54) is 5.56 Å². The highest BCUT2D eigenvalue weighted by Gasteiger charge is 1.99. The Labute approximate surface area is 149 Å². The summed E-state index contributed by atoms with van der Waals surface area (Å²) < 4.78 is 5.48. The van der Waals surface area contributed by atoms with Gasteiger partial charge in [-0.2, -0.15) is 0 Å². The molecule has 0 radical (unpaired) electrons. The molecule has 0 heterocycles. The molecule has 2 N–H and O–H groups in total. The van der Waals surface area contributed by atoms with Gasteiger partial charge in [0.1, 0.15) is 0 Å². The van der Waals surface area contributed by atoms with E-state index in [4.69, 9.17) is 16.3 Å². The molecule has 0 fully saturated rings. The summed E-state index contributed by atoms with van der Waals surface area (Å²) in [4.78, 5) is 4.18. The van der Waals surface area contributed by atoms with Crippen molar-refractivity contribution in [1.82, 2.24) is 10.6 Å². The van der Waals surface area contributed by atoms with Crippen LogP contribution in [0.5, 0.6) is 0 Å². The predicted octanol–water partition coefficient (Wildman–Crippen LogP) is 3.44. The van der Waals surface area contributed by atoms with E-state index in [1.54, 1.807) is 7.05 Å². The summed E-state index contributed by atoms with van der Waals surface area (Å²) in [6, 6.07) is 7.77. The molecule has 120 valence electrons. The van der Waals surface area contributed by atoms with Crippen molar-refractivity contribution in [3.63, 3.8) is 0 Å². The van der Waals surface area contributed by atoms with Crippen LogP contribution < -0.4 is 10.6 Å². The molecule has 4 nitrogen and oxygen atoms in total. The number of nitrogens with one attached hydrogen (secondary N) is 2. The van der Waals surface area contributed by atoms with E-state index in [0.717, 1.165) is 37.1 Å². The summed E-state index contributed by atoms with van der Waals surface area (Å²) in [7, 11) is 1.77. The van der Waals surface area contributed by atoms with Gasteiger partial charge >= 0.3 is 0 Å². The van der Waals surface area contributed by atoms with Crippen LogP contribution >= 0.6 is 35.6 Å². The normalized spacial score (nSPS) is 11.2. The van der Waals surface area contributed by atoms with Crippen molar-refractivity contribution in [2.45, 2.75) is 32.9 Å². The summed E-state index contributed by atoms with van der Waals surface area (Å²) in [5.74, 6) is 0.796. The topological polar surface area (TPSA) is 45.7 Å². The molecule has 0 aliphatic rings. The maximum absolute atomic E-state index is 5.85. The molecule has 0 atom stereocenters. The number of guanidine groups is 1. The minimum atomic E-state index is 0. The lowest BCUT2D eigenvalue weighted by molar-refractivity contribution is 0.0776. The van der Waals surface area contributed by atoms with Crippen molar-refractivity contribution in [1.29, 1.82) is 0 Å². The molecular formula is C15H25ClIN3O. The van der Waals surface area contributed by atoms with Crippen LogP contribution in [0.3, 0.4) is 0 Å². The van der Waals surface area contributed by atoms with Gasteiger partial charge < -0.3 is 15.4 Å². The average molecular weight is 426 g/mol. The second-order valence-electron chi connectivity index (χ2n) is 4.75. The molecule has 21 heavy (non-hydrogen) atoms. The first-order chi connectivity index (χ1) is 9.61. The van der Waals surface area contributed by atoms with Crippen LogP contribution in [-0.4, -0.2) is 32.3 Å². The number of hydrogen-bond donors (Lipinski definition) is 2. The van der Waals surface area contributed by atoms with Gasteiger partial charge in [0, 0.05) is 31.8 Å². The number of hydrogen-bond acceptors (Lipinski definition) is 2. The number of benzene rings is 1. The fourth-order valence-electron chi connectivity index (χ4n) is 1.61. The third-order valence-corrected chi connectivity index (χ3v) is 2.91. The maximum Gasteiger partial charge on any atom is 0.191 e. The Morgan fingerprint density at radius 1 is 1.24 bits per heavy atom. The van der Waals surface area contributed by atoms with Crippen molar-refractivity contribution < 1.29 is 4.74 Å². The van der Waals surface area contributed by atoms with Gasteiger partial charge in [-0.1, -0.05) is 23.7 Å². The smallest absolute Gasteiger partial charge is 0.191 e. The molecule has 0 aliphatic heterocycles. The van der Waals surface area contributed by atoms with Crippen LogP contribution in [0.15, 0.2) is 29.3 Å². The van der Waals surface area contributed by atoms with Crippen molar-refractivity contribution in [3.05, 3.63) is 34.9 Å². The van der Waals surface area contributed by atoms with Crippen LogP contribution in [0.2, 0.25) is 5.02 Å². The first-order valence-electron chi connectivity index (χ1n) is 6.92. The van der Waals surface area contributed by atoms with Gasteiger partial charge in [0.2, 0.25) is 0 Å². The summed E-state index contributed by atoms with van der Waals surface area (Å²) >= 11 is 5.85. The van der Waals surface area contributed by atoms with Crippen LogP contribution in [0.4, 0.5) is 0 Å². The van der Waals surface area contributed by atoms with Crippen molar-refractivity contribution in [3.8, 4) is 0 Å². The van der Waals surface area contributed by atoms with Gasteiger partial charge in [-0.05, 0) is 38.0 Å². The first kappa shape index (κ1) is 20.5. The summed E-state index contributed by atoms with van der Waals surface area (Å²) in [5.41, 5.74) is 1.17. The number of halogens is 2. The molecule has 0 aromatic heterocycles. The molecule has 0 aliphatic carbocycles. The number of nitrogens with zero attached hydrogens (tertiary/aromatic N) is 1. The van der Waals surface area contributed by atoms with Gasteiger partial charge in [-0.25, -0.2) is 0 Å². The van der Waals surface area contributed by atoms with E-state index < -0.39 is 0 Å². The first-order valence-corrected chi connectivity index (χ1v) is 7.30. The monoisotopic (exact) mass is 425 g/mol. The highest BCUT2D eigenvalue weighted by molar-refractivity contribution is 14.0. The quantitative estimate of drug-likeness (QED) is 0.304. The highest BCUT2D eigenvalue weighted by Crippen LogP contribution is 2.08. The molecule has 0 saturated heterocycles. The van der Waals surface area contributed by atoms with Gasteiger partial charge in [0.25, 0.3) is 0 Å². The SMILES string of the molecule is CN=C(NCCCOC(C)C)NCc1ccc(Cl)cc1.I. The Morgan fingerprint density at radius 2 is 1.90 bits per heavy atom. The molecule has 0 unspecified atom stereocenters. The lowest BCUT2D eigenvalue weighted by atomic mass is 10.2. The average Bonchev–Trinajstić information content (AvgIpc) is 2.43. The molecule has 0 saturated carbocycles. The molecule has 1 aromatic carbocycles. The Kier molecular flexibility index (Phi) is 11.8. The van der Waals surface area contributed by atoms with Gasteiger partial charge in [-0.3, -0.25) is 4.99 Å². The minimum Gasteiger partial charge on any atom is -0.379 e. The lowest BCUT2D eigenvalue weighted by Gasteiger charge is -2.12. The molecule has 0 bridgehead atoms. The lowest BCUT2D eigenvalue weighted by Crippen LogP contribution is -2.37. The molecule has 6 heteroatoms. The summed E-state index contributed by atoms with van der Waals surface area (Å²) in [6.07, 6.45) is 1.25. The van der Waals surface area contributed by atoms with Crippen LogP contribution in [0, 0.1) is 0 Å². The Balaban J connectivity index is 0.00000400. The van der Waals surface area contributed by atoms with E-state index in [2.05, 4.69) is 15.6 Å². The van der Waals surface area contributed by atoms with E-state index in [1.807, 2.05) is 38.1 Å². The van der Waals surface area contributed by atoms with E-state index >= 15 is 0 Å². The molecule has 0 amide bonds. The van der Waals surface area contributed by atoms with E-state index in [-0.39, 0.29) is 30.1 Å². The minimum absolute atomic E-state index is 0. The van der Waals surface area contributed by atoms with Gasteiger partial charge in [-0.15, -0.1) is 24.0 Å². The molecule has 0 spiro atoms. The largest absolute Gasteiger partial charge is 0.379 e. The Hall–Kier alpha value is -0.530. The highest BCUT2D eigenvalue weighted by atomic mass is 127. The van der Waals surface area contributed by atoms with Gasteiger partial charge in [0.05, 0.1) is 6.10 Å². The number of ether oxygens (including phenoxy) is 1. The standard InChI is InChI=1S/C15H24ClN3O.HI/c1-12(2)20-10-4-9-18-15(17-3)19-11-13-5-7-14(16)8-6-13;/h5-8,12H,4,9-11H2,1-3H3,(H2,17,18,19);1H. The molecule has 1 aromatic rings. The Bertz CT molecular complexity index is 410. The zero-order valence-electron chi connectivity index (χ0n) is 12.9. The van der Waals surface area contributed by atoms with Crippen LogP contribution in [-0.2, 0) is 11.3 Å². The third kappa shape index (κ3) is 9.92. The summed E-state index contributed by atoms with van der Waals surface area (Å²) in [5, 5.41) is 7.27. The fourth-order valence-corrected chi connectivity index (χ4v) is 1.73. The maximum atomic E-state index is 5.85. The van der Waals surface area contributed by atoms with Crippen LogP contribution in [0.1, 0.15) is 25.8 Å². The zero-order chi connectivity index (χ0) is 14.8. The second-order valence-corrected chi connectivity index (χ2v) is 5.19. The number of aliphatic imine (C=N–C) groups is 1. The fraction of sp³-hybridized carbons (Fsp3) is 0.533. The molecule has 1 rings (SSSR count). The van der Waals surface area contributed by atoms with Crippen molar-refractivity contribution >= 4 is 41.5 Å². The predicted molar refractivity (Wildman–Crippen MR) is 101 cm³/mol. The van der Waals surface area contributed by atoms with Crippen molar-refractivity contribution in [2.75, 3.05) is 20.2 Å². The Morgan fingerprint density at radius 3 is 2.48 bits per heavy atom. The van der Waals surface area contributed by atoms with Gasteiger partial charge in [0.15, 0.2) is 5.96 Å².